The Kier molecular flexibility index (Phi) is 6.41. The van der Waals surface area contributed by atoms with E-state index < -0.39 is 17.6 Å². The first-order chi connectivity index (χ1) is 13.5. The molecule has 7 nitrogen and oxygen atoms in total. The fourth-order valence-electron chi connectivity index (χ4n) is 3.20. The van der Waals surface area contributed by atoms with Gasteiger partial charge in [0.2, 0.25) is 11.8 Å². The van der Waals surface area contributed by atoms with Gasteiger partial charge in [-0.25, -0.2) is 4.39 Å². The maximum absolute atomic E-state index is 13.6. The zero-order chi connectivity index (χ0) is 19.9. The van der Waals surface area contributed by atoms with Crippen LogP contribution >= 0.6 is 0 Å². The summed E-state index contributed by atoms with van der Waals surface area (Å²) < 4.78 is 18.6. The summed E-state index contributed by atoms with van der Waals surface area (Å²) >= 11 is 0. The molecular formula is C20H22FN3O4. The molecule has 1 fully saturated rings. The van der Waals surface area contributed by atoms with E-state index in [9.17, 15) is 18.8 Å². The summed E-state index contributed by atoms with van der Waals surface area (Å²) in [5.41, 5.74) is 0.249. The van der Waals surface area contributed by atoms with Crippen LogP contribution in [0.3, 0.4) is 0 Å². The highest BCUT2D eigenvalue weighted by atomic mass is 19.1. The summed E-state index contributed by atoms with van der Waals surface area (Å²) in [4.78, 5) is 38.2. The lowest BCUT2D eigenvalue weighted by Crippen LogP contribution is -2.47. The number of carbonyl (C=O) groups excluding carboxylic acids is 3. The van der Waals surface area contributed by atoms with Crippen molar-refractivity contribution >= 4 is 23.4 Å². The number of nitrogens with one attached hydrogen (secondary N) is 2. The van der Waals surface area contributed by atoms with Crippen LogP contribution in [0.1, 0.15) is 36.2 Å². The van der Waals surface area contributed by atoms with E-state index in [1.165, 1.54) is 36.6 Å². The zero-order valence-electron chi connectivity index (χ0n) is 15.3. The predicted octanol–water partition coefficient (Wildman–Crippen LogP) is 2.24. The molecular weight excluding hydrogens is 365 g/mol. The third-order valence-electron chi connectivity index (χ3n) is 4.59. The number of anilines is 1. The number of hydrogen-bond donors (Lipinski definition) is 2. The van der Waals surface area contributed by atoms with Crippen LogP contribution in [-0.2, 0) is 9.59 Å². The van der Waals surface area contributed by atoms with E-state index in [1.807, 2.05) is 0 Å². The van der Waals surface area contributed by atoms with Crippen molar-refractivity contribution in [2.24, 2.45) is 0 Å². The molecule has 0 atom stereocenters. The number of furan rings is 1. The molecule has 148 valence electrons. The van der Waals surface area contributed by atoms with E-state index in [4.69, 9.17) is 4.42 Å². The minimum atomic E-state index is -0.548. The number of hydrogen-bond acceptors (Lipinski definition) is 4. The summed E-state index contributed by atoms with van der Waals surface area (Å²) in [6, 6.07) is 8.57. The highest BCUT2D eigenvalue weighted by molar-refractivity contribution is 6.02. The molecule has 1 aliphatic carbocycles. The fourth-order valence-corrected chi connectivity index (χ4v) is 3.20. The highest BCUT2D eigenvalue weighted by Gasteiger charge is 2.23. The predicted molar refractivity (Wildman–Crippen MR) is 100 cm³/mol. The van der Waals surface area contributed by atoms with Crippen molar-refractivity contribution in [1.82, 2.24) is 10.6 Å². The Hall–Kier alpha value is -3.16. The second-order valence-electron chi connectivity index (χ2n) is 6.67. The van der Waals surface area contributed by atoms with Gasteiger partial charge in [-0.1, -0.05) is 18.9 Å². The number of carbonyl (C=O) groups is 3. The van der Waals surface area contributed by atoms with Gasteiger partial charge in [-0.3, -0.25) is 14.4 Å². The lowest BCUT2D eigenvalue weighted by Gasteiger charge is -2.23. The maximum Gasteiger partial charge on any atom is 0.287 e. The smallest absolute Gasteiger partial charge is 0.287 e. The molecule has 3 amide bonds. The van der Waals surface area contributed by atoms with E-state index in [0.29, 0.717) is 0 Å². The molecule has 2 aromatic rings. The average Bonchev–Trinajstić information content (AvgIpc) is 3.38. The number of halogens is 1. The normalized spacial score (nSPS) is 13.9. The molecule has 0 spiro atoms. The molecule has 1 aliphatic rings. The molecule has 28 heavy (non-hydrogen) atoms. The largest absolute Gasteiger partial charge is 0.459 e. The van der Waals surface area contributed by atoms with E-state index in [0.717, 1.165) is 30.6 Å². The Morgan fingerprint density at radius 2 is 1.93 bits per heavy atom. The van der Waals surface area contributed by atoms with Gasteiger partial charge in [-0.2, -0.15) is 0 Å². The molecule has 0 aliphatic heterocycles. The number of rotatable bonds is 7. The van der Waals surface area contributed by atoms with Gasteiger partial charge in [0.05, 0.1) is 12.8 Å². The Labute approximate surface area is 161 Å². The first kappa shape index (κ1) is 19.6. The number of benzene rings is 1. The van der Waals surface area contributed by atoms with Gasteiger partial charge in [-0.15, -0.1) is 0 Å². The van der Waals surface area contributed by atoms with Gasteiger partial charge < -0.3 is 20.0 Å². The van der Waals surface area contributed by atoms with Gasteiger partial charge in [0.15, 0.2) is 5.76 Å². The van der Waals surface area contributed by atoms with Crippen molar-refractivity contribution in [1.29, 1.82) is 0 Å². The molecule has 1 aromatic carbocycles. The maximum atomic E-state index is 13.6. The van der Waals surface area contributed by atoms with Crippen LogP contribution in [0.2, 0.25) is 0 Å². The van der Waals surface area contributed by atoms with Crippen LogP contribution in [0, 0.1) is 5.82 Å². The van der Waals surface area contributed by atoms with Crippen LogP contribution in [0.15, 0.2) is 47.1 Å². The van der Waals surface area contributed by atoms with Crippen molar-refractivity contribution in [2.45, 2.75) is 31.7 Å². The van der Waals surface area contributed by atoms with E-state index in [-0.39, 0.29) is 36.5 Å². The minimum Gasteiger partial charge on any atom is -0.459 e. The van der Waals surface area contributed by atoms with Crippen LogP contribution in [0.5, 0.6) is 0 Å². The molecule has 1 saturated carbocycles. The van der Waals surface area contributed by atoms with Gasteiger partial charge in [0.25, 0.3) is 5.91 Å². The monoisotopic (exact) mass is 387 g/mol. The number of amides is 3. The second-order valence-corrected chi connectivity index (χ2v) is 6.67. The van der Waals surface area contributed by atoms with Gasteiger partial charge in [0, 0.05) is 11.7 Å². The molecule has 2 N–H and O–H groups in total. The Morgan fingerprint density at radius 1 is 1.14 bits per heavy atom. The Morgan fingerprint density at radius 3 is 2.61 bits per heavy atom. The second kappa shape index (κ2) is 9.16. The topological polar surface area (TPSA) is 91.7 Å². The molecule has 0 radical (unpaired) electrons. The molecule has 8 heteroatoms. The first-order valence-electron chi connectivity index (χ1n) is 9.20. The Bertz CT molecular complexity index is 832. The Balaban J connectivity index is 1.66. The average molecular weight is 387 g/mol. The minimum absolute atomic E-state index is 0.0732. The molecule has 1 aromatic heterocycles. The van der Waals surface area contributed by atoms with E-state index >= 15 is 0 Å². The van der Waals surface area contributed by atoms with Crippen molar-refractivity contribution in [3.8, 4) is 0 Å². The van der Waals surface area contributed by atoms with Crippen molar-refractivity contribution in [3.05, 3.63) is 54.2 Å². The highest BCUT2D eigenvalue weighted by Crippen LogP contribution is 2.19. The summed E-state index contributed by atoms with van der Waals surface area (Å²) in [6.45, 7) is -0.609. The number of nitrogens with zero attached hydrogens (tertiary/aromatic N) is 1. The van der Waals surface area contributed by atoms with Gasteiger partial charge in [-0.05, 0) is 43.2 Å². The van der Waals surface area contributed by atoms with Crippen LogP contribution in [0.4, 0.5) is 10.1 Å². The molecule has 1 heterocycles. The molecule has 0 bridgehead atoms. The van der Waals surface area contributed by atoms with E-state index in [1.54, 1.807) is 6.07 Å². The van der Waals surface area contributed by atoms with Crippen molar-refractivity contribution in [3.63, 3.8) is 0 Å². The van der Waals surface area contributed by atoms with Gasteiger partial charge >= 0.3 is 0 Å². The van der Waals surface area contributed by atoms with Crippen LogP contribution in [0.25, 0.3) is 0 Å². The lowest BCUT2D eigenvalue weighted by atomic mass is 10.2. The standard InChI is InChI=1S/C20H22FN3O4/c21-14-5-3-8-16(11-14)24(13-18(25)23-15-6-1-2-7-15)19(26)12-22-20(27)17-9-4-10-28-17/h3-5,8-11,15H,1-2,6-7,12-13H2,(H,22,27)(H,23,25). The van der Waals surface area contributed by atoms with E-state index in [2.05, 4.69) is 10.6 Å². The summed E-state index contributed by atoms with van der Waals surface area (Å²) in [7, 11) is 0. The zero-order valence-corrected chi connectivity index (χ0v) is 15.3. The third kappa shape index (κ3) is 5.18. The molecule has 0 unspecified atom stereocenters. The summed E-state index contributed by atoms with van der Waals surface area (Å²) in [5, 5.41) is 5.35. The third-order valence-corrected chi connectivity index (χ3v) is 4.59. The quantitative estimate of drug-likeness (QED) is 0.762. The molecule has 0 saturated heterocycles. The lowest BCUT2D eigenvalue weighted by molar-refractivity contribution is -0.123. The first-order valence-corrected chi connectivity index (χ1v) is 9.20. The van der Waals surface area contributed by atoms with Crippen LogP contribution < -0.4 is 15.5 Å². The summed E-state index contributed by atoms with van der Waals surface area (Å²) in [5.74, 6) is -1.85. The fraction of sp³-hybridized carbons (Fsp3) is 0.350. The molecule has 3 rings (SSSR count). The van der Waals surface area contributed by atoms with Crippen molar-refractivity contribution in [2.75, 3.05) is 18.0 Å². The van der Waals surface area contributed by atoms with Crippen molar-refractivity contribution < 1.29 is 23.2 Å². The van der Waals surface area contributed by atoms with Crippen LogP contribution in [-0.4, -0.2) is 36.9 Å². The van der Waals surface area contributed by atoms with Gasteiger partial charge in [0.1, 0.15) is 12.4 Å². The summed E-state index contributed by atoms with van der Waals surface area (Å²) in [6.07, 6.45) is 5.31. The SMILES string of the molecule is O=C(CN(C(=O)CNC(=O)c1ccco1)c1cccc(F)c1)NC1CCCC1.